The van der Waals surface area contributed by atoms with Crippen LogP contribution in [0.4, 0.5) is 0 Å². The van der Waals surface area contributed by atoms with Gasteiger partial charge in [-0.25, -0.2) is 0 Å². The summed E-state index contributed by atoms with van der Waals surface area (Å²) >= 11 is 0. The molecule has 1 amide bonds. The number of aromatic nitrogens is 1. The van der Waals surface area contributed by atoms with Gasteiger partial charge in [-0.2, -0.15) is 0 Å². The monoisotopic (exact) mass is 316 g/mol. The molecular weight excluding hydrogens is 296 g/mol. The lowest BCUT2D eigenvalue weighted by Gasteiger charge is -2.14. The Labute approximate surface area is 142 Å². The van der Waals surface area contributed by atoms with Gasteiger partial charge in [0.1, 0.15) is 5.69 Å². The van der Waals surface area contributed by atoms with Crippen LogP contribution in [0.15, 0.2) is 72.9 Å². The van der Waals surface area contributed by atoms with Gasteiger partial charge in [-0.1, -0.05) is 66.2 Å². The second-order valence-corrected chi connectivity index (χ2v) is 5.90. The summed E-state index contributed by atoms with van der Waals surface area (Å²) in [7, 11) is 0. The number of amides is 1. The molecule has 0 saturated carbocycles. The van der Waals surface area contributed by atoms with Gasteiger partial charge in [0.2, 0.25) is 0 Å². The molecular formula is C21H20N2O. The smallest absolute Gasteiger partial charge is 0.270 e. The maximum absolute atomic E-state index is 12.4. The van der Waals surface area contributed by atoms with Crippen LogP contribution in [0.25, 0.3) is 11.1 Å². The Morgan fingerprint density at radius 1 is 0.917 bits per heavy atom. The molecule has 120 valence electrons. The van der Waals surface area contributed by atoms with Crippen molar-refractivity contribution in [2.24, 2.45) is 0 Å². The van der Waals surface area contributed by atoms with Gasteiger partial charge in [0.05, 0.1) is 6.04 Å². The first-order valence-corrected chi connectivity index (χ1v) is 8.02. The number of aryl methyl sites for hydroxylation is 1. The summed E-state index contributed by atoms with van der Waals surface area (Å²) in [5.41, 5.74) is 4.79. The van der Waals surface area contributed by atoms with Crippen molar-refractivity contribution in [3.05, 3.63) is 89.7 Å². The lowest BCUT2D eigenvalue weighted by molar-refractivity contribution is 0.0935. The predicted molar refractivity (Wildman–Crippen MR) is 96.7 cm³/mol. The van der Waals surface area contributed by atoms with Crippen LogP contribution in [-0.2, 0) is 0 Å². The van der Waals surface area contributed by atoms with Gasteiger partial charge in [-0.05, 0) is 31.0 Å². The number of rotatable bonds is 4. The van der Waals surface area contributed by atoms with Crippen LogP contribution < -0.4 is 5.32 Å². The van der Waals surface area contributed by atoms with Gasteiger partial charge in [-0.15, -0.1) is 0 Å². The first-order valence-electron chi connectivity index (χ1n) is 8.02. The van der Waals surface area contributed by atoms with Crippen LogP contribution in [0, 0.1) is 6.92 Å². The Morgan fingerprint density at radius 2 is 1.62 bits per heavy atom. The molecule has 0 bridgehead atoms. The minimum Gasteiger partial charge on any atom is -0.344 e. The van der Waals surface area contributed by atoms with Gasteiger partial charge in [0.15, 0.2) is 0 Å². The Hall–Kier alpha value is -2.94. The number of benzene rings is 2. The number of nitrogens with one attached hydrogen (secondary N) is 1. The van der Waals surface area contributed by atoms with Gasteiger partial charge >= 0.3 is 0 Å². The maximum atomic E-state index is 12.4. The van der Waals surface area contributed by atoms with Gasteiger partial charge in [0.25, 0.3) is 5.91 Å². The normalized spacial score (nSPS) is 11.8. The third-order valence-corrected chi connectivity index (χ3v) is 4.03. The molecule has 1 atom stereocenters. The summed E-state index contributed by atoms with van der Waals surface area (Å²) in [5.74, 6) is -0.164. The topological polar surface area (TPSA) is 42.0 Å². The van der Waals surface area contributed by atoms with Crippen LogP contribution in [0.5, 0.6) is 0 Å². The number of carbonyl (C=O) groups is 1. The first-order chi connectivity index (χ1) is 11.6. The average Bonchev–Trinajstić information content (AvgIpc) is 2.63. The number of hydrogen-bond acceptors (Lipinski definition) is 2. The number of nitrogens with zero attached hydrogens (tertiary/aromatic N) is 1. The van der Waals surface area contributed by atoms with Crippen LogP contribution >= 0.6 is 0 Å². The minimum absolute atomic E-state index is 0.0614. The van der Waals surface area contributed by atoms with Gasteiger partial charge in [0, 0.05) is 11.8 Å². The summed E-state index contributed by atoms with van der Waals surface area (Å²) in [6.07, 6.45) is 1.74. The predicted octanol–water partition coefficient (Wildman–Crippen LogP) is 4.55. The van der Waals surface area contributed by atoms with Crippen molar-refractivity contribution in [1.29, 1.82) is 0 Å². The fourth-order valence-corrected chi connectivity index (χ4v) is 2.54. The Balaban J connectivity index is 1.70. The van der Waals surface area contributed by atoms with Crippen molar-refractivity contribution in [2.45, 2.75) is 19.9 Å². The Kier molecular flexibility index (Phi) is 4.71. The van der Waals surface area contributed by atoms with Crippen molar-refractivity contribution in [3.8, 4) is 11.1 Å². The highest BCUT2D eigenvalue weighted by Crippen LogP contribution is 2.18. The second-order valence-electron chi connectivity index (χ2n) is 5.90. The van der Waals surface area contributed by atoms with E-state index in [1.165, 1.54) is 5.56 Å². The molecule has 0 spiro atoms. The standard InChI is InChI=1S/C21H20N2O/c1-15-8-10-17(11-9-15)16(2)23-21(24)20-13-12-19(14-22-20)18-6-4-3-5-7-18/h3-14,16H,1-2H3,(H,23,24). The highest BCUT2D eigenvalue weighted by atomic mass is 16.1. The molecule has 1 heterocycles. The number of hydrogen-bond donors (Lipinski definition) is 1. The molecule has 1 N–H and O–H groups in total. The fourth-order valence-electron chi connectivity index (χ4n) is 2.54. The highest BCUT2D eigenvalue weighted by molar-refractivity contribution is 5.92. The van der Waals surface area contributed by atoms with Crippen LogP contribution in [0.2, 0.25) is 0 Å². The molecule has 0 saturated heterocycles. The number of carbonyl (C=O) groups excluding carboxylic acids is 1. The van der Waals surface area contributed by atoms with E-state index in [9.17, 15) is 4.79 Å². The van der Waals surface area contributed by atoms with Crippen LogP contribution in [0.1, 0.15) is 34.6 Å². The molecule has 0 aliphatic carbocycles. The van der Waals surface area contributed by atoms with E-state index in [2.05, 4.69) is 10.3 Å². The van der Waals surface area contributed by atoms with Crippen molar-refractivity contribution < 1.29 is 4.79 Å². The van der Waals surface area contributed by atoms with Crippen molar-refractivity contribution in [2.75, 3.05) is 0 Å². The fraction of sp³-hybridized carbons (Fsp3) is 0.143. The average molecular weight is 316 g/mol. The molecule has 3 aromatic rings. The zero-order valence-corrected chi connectivity index (χ0v) is 13.9. The summed E-state index contributed by atoms with van der Waals surface area (Å²) in [5, 5.41) is 2.99. The van der Waals surface area contributed by atoms with Crippen molar-refractivity contribution in [1.82, 2.24) is 10.3 Å². The van der Waals surface area contributed by atoms with Crippen molar-refractivity contribution in [3.63, 3.8) is 0 Å². The molecule has 1 unspecified atom stereocenters. The third kappa shape index (κ3) is 3.69. The van der Waals surface area contributed by atoms with E-state index in [1.54, 1.807) is 12.3 Å². The molecule has 1 aromatic heterocycles. The van der Waals surface area contributed by atoms with Gasteiger partial charge < -0.3 is 5.32 Å². The summed E-state index contributed by atoms with van der Waals surface area (Å²) in [6.45, 7) is 4.02. The van der Waals surface area contributed by atoms with E-state index in [-0.39, 0.29) is 11.9 Å². The number of pyridine rings is 1. The summed E-state index contributed by atoms with van der Waals surface area (Å²) in [6, 6.07) is 21.8. The lowest BCUT2D eigenvalue weighted by atomic mass is 10.1. The van der Waals surface area contributed by atoms with Crippen molar-refractivity contribution >= 4 is 5.91 Å². The molecule has 3 heteroatoms. The maximum Gasteiger partial charge on any atom is 0.270 e. The Bertz CT molecular complexity index is 809. The molecule has 2 aromatic carbocycles. The van der Waals surface area contributed by atoms with E-state index < -0.39 is 0 Å². The third-order valence-electron chi connectivity index (χ3n) is 4.03. The van der Waals surface area contributed by atoms with E-state index >= 15 is 0 Å². The quantitative estimate of drug-likeness (QED) is 0.767. The summed E-state index contributed by atoms with van der Waals surface area (Å²) < 4.78 is 0. The van der Waals surface area contributed by atoms with E-state index in [1.807, 2.05) is 74.5 Å². The molecule has 0 aliphatic rings. The molecule has 3 nitrogen and oxygen atoms in total. The van der Waals surface area contributed by atoms with Gasteiger partial charge in [-0.3, -0.25) is 9.78 Å². The largest absolute Gasteiger partial charge is 0.344 e. The molecule has 3 rings (SSSR count). The minimum atomic E-state index is -0.164. The Morgan fingerprint density at radius 3 is 2.25 bits per heavy atom. The second kappa shape index (κ2) is 7.09. The lowest BCUT2D eigenvalue weighted by Crippen LogP contribution is -2.27. The molecule has 0 radical (unpaired) electrons. The van der Waals surface area contributed by atoms with Crippen LogP contribution in [-0.4, -0.2) is 10.9 Å². The van der Waals surface area contributed by atoms with Crippen LogP contribution in [0.3, 0.4) is 0 Å². The zero-order valence-electron chi connectivity index (χ0n) is 13.9. The van der Waals surface area contributed by atoms with E-state index in [0.717, 1.165) is 16.7 Å². The molecule has 24 heavy (non-hydrogen) atoms. The van der Waals surface area contributed by atoms with E-state index in [4.69, 9.17) is 0 Å². The first kappa shape index (κ1) is 15.9. The molecule has 0 fully saturated rings. The SMILES string of the molecule is Cc1ccc(C(C)NC(=O)c2ccc(-c3ccccc3)cn2)cc1. The van der Waals surface area contributed by atoms with E-state index in [0.29, 0.717) is 5.69 Å². The zero-order chi connectivity index (χ0) is 16.9. The summed E-state index contributed by atoms with van der Waals surface area (Å²) in [4.78, 5) is 16.7. The molecule has 0 aliphatic heterocycles. The highest BCUT2D eigenvalue weighted by Gasteiger charge is 2.12.